The molecule has 1 aromatic carbocycles. The molecule has 0 saturated heterocycles. The topological polar surface area (TPSA) is 41.3 Å². The molecule has 0 aromatic heterocycles. The van der Waals surface area contributed by atoms with Crippen LogP contribution < -0.4 is 11.1 Å². The summed E-state index contributed by atoms with van der Waals surface area (Å²) in [4.78, 5) is 2.09. The minimum Gasteiger partial charge on any atom is -0.319 e. The summed E-state index contributed by atoms with van der Waals surface area (Å²) < 4.78 is 0. The zero-order chi connectivity index (χ0) is 11.1. The Balaban J connectivity index is 2.48. The Hall–Kier alpha value is -0.900. The average Bonchev–Trinajstić information content (AvgIpc) is 2.28. The smallest absolute Gasteiger partial charge is 0.0455 e. The first-order valence-corrected chi connectivity index (χ1v) is 5.37. The fraction of sp³-hybridized carbons (Fsp3) is 0.500. The largest absolute Gasteiger partial charge is 0.319 e. The lowest BCUT2D eigenvalue weighted by Crippen LogP contribution is -2.24. The molecule has 0 bridgehead atoms. The Bertz CT molecular complexity index is 269. The van der Waals surface area contributed by atoms with E-state index in [-0.39, 0.29) is 0 Å². The van der Waals surface area contributed by atoms with Crippen LogP contribution in [0.3, 0.4) is 0 Å². The van der Waals surface area contributed by atoms with Crippen molar-refractivity contribution >= 4 is 0 Å². The van der Waals surface area contributed by atoms with Crippen molar-refractivity contribution in [3.05, 3.63) is 35.4 Å². The van der Waals surface area contributed by atoms with Crippen LogP contribution in [0.2, 0.25) is 0 Å². The van der Waals surface area contributed by atoms with E-state index >= 15 is 0 Å². The summed E-state index contributed by atoms with van der Waals surface area (Å²) in [5.41, 5.74) is 8.23. The predicted octanol–water partition coefficient (Wildman–Crippen LogP) is 0.797. The van der Waals surface area contributed by atoms with Crippen molar-refractivity contribution in [1.82, 2.24) is 10.2 Å². The van der Waals surface area contributed by atoms with Crippen LogP contribution in [0.1, 0.15) is 11.1 Å². The van der Waals surface area contributed by atoms with Crippen molar-refractivity contribution < 1.29 is 0 Å². The molecule has 0 saturated carbocycles. The van der Waals surface area contributed by atoms with Crippen LogP contribution in [-0.2, 0) is 13.0 Å². The Morgan fingerprint density at radius 2 is 1.80 bits per heavy atom. The molecule has 0 aliphatic carbocycles. The zero-order valence-electron chi connectivity index (χ0n) is 9.66. The molecular weight excluding hydrogens is 186 g/mol. The summed E-state index contributed by atoms with van der Waals surface area (Å²) in [6, 6.07) is 8.74. The standard InChI is InChI=1S/C12H21N3/c1-14-8-7-11-3-5-12(6-4-11)9-15(2)10-13/h3-6,14H,7-10,13H2,1-2H3. The van der Waals surface area contributed by atoms with E-state index in [1.165, 1.54) is 11.1 Å². The van der Waals surface area contributed by atoms with Gasteiger partial charge in [0.25, 0.3) is 0 Å². The van der Waals surface area contributed by atoms with Crippen molar-refractivity contribution in [2.45, 2.75) is 13.0 Å². The minimum absolute atomic E-state index is 0.599. The SMILES string of the molecule is CNCCc1ccc(CN(C)CN)cc1. The van der Waals surface area contributed by atoms with E-state index in [1.54, 1.807) is 0 Å². The molecule has 0 radical (unpaired) electrons. The third-order valence-electron chi connectivity index (χ3n) is 2.45. The lowest BCUT2D eigenvalue weighted by Gasteiger charge is -2.13. The highest BCUT2D eigenvalue weighted by Crippen LogP contribution is 2.06. The maximum Gasteiger partial charge on any atom is 0.0455 e. The van der Waals surface area contributed by atoms with Crippen LogP contribution in [0.5, 0.6) is 0 Å². The fourth-order valence-electron chi connectivity index (χ4n) is 1.46. The molecule has 1 aromatic rings. The second-order valence-corrected chi connectivity index (χ2v) is 3.87. The van der Waals surface area contributed by atoms with E-state index in [0.29, 0.717) is 6.67 Å². The summed E-state index contributed by atoms with van der Waals surface area (Å²) in [6.07, 6.45) is 1.09. The number of nitrogens with two attached hydrogens (primary N) is 1. The summed E-state index contributed by atoms with van der Waals surface area (Å²) >= 11 is 0. The molecule has 3 heteroatoms. The second kappa shape index (κ2) is 6.56. The molecule has 0 spiro atoms. The molecule has 0 aliphatic rings. The van der Waals surface area contributed by atoms with Gasteiger partial charge in [0, 0.05) is 13.2 Å². The number of nitrogens with one attached hydrogen (secondary N) is 1. The Kier molecular flexibility index (Phi) is 5.32. The first-order valence-electron chi connectivity index (χ1n) is 5.37. The molecule has 1 rings (SSSR count). The molecule has 3 N–H and O–H groups in total. The van der Waals surface area contributed by atoms with E-state index in [4.69, 9.17) is 5.73 Å². The van der Waals surface area contributed by atoms with Crippen LogP contribution in [-0.4, -0.2) is 32.2 Å². The van der Waals surface area contributed by atoms with Crippen molar-refractivity contribution in [3.8, 4) is 0 Å². The Labute approximate surface area is 92.3 Å². The number of hydrogen-bond acceptors (Lipinski definition) is 3. The minimum atomic E-state index is 0.599. The van der Waals surface area contributed by atoms with Gasteiger partial charge in [-0.05, 0) is 38.2 Å². The third-order valence-corrected chi connectivity index (χ3v) is 2.45. The van der Waals surface area contributed by atoms with Gasteiger partial charge in [0.05, 0.1) is 0 Å². The first-order chi connectivity index (χ1) is 7.26. The van der Waals surface area contributed by atoms with Gasteiger partial charge in [-0.1, -0.05) is 24.3 Å². The van der Waals surface area contributed by atoms with Crippen molar-refractivity contribution in [3.63, 3.8) is 0 Å². The number of rotatable bonds is 6. The maximum atomic E-state index is 5.53. The van der Waals surface area contributed by atoms with E-state index in [9.17, 15) is 0 Å². The highest BCUT2D eigenvalue weighted by atomic mass is 15.1. The van der Waals surface area contributed by atoms with Gasteiger partial charge in [-0.25, -0.2) is 0 Å². The second-order valence-electron chi connectivity index (χ2n) is 3.87. The lowest BCUT2D eigenvalue weighted by atomic mass is 10.1. The zero-order valence-corrected chi connectivity index (χ0v) is 9.66. The van der Waals surface area contributed by atoms with Crippen LogP contribution >= 0.6 is 0 Å². The van der Waals surface area contributed by atoms with Gasteiger partial charge in [0.15, 0.2) is 0 Å². The van der Waals surface area contributed by atoms with Gasteiger partial charge in [-0.15, -0.1) is 0 Å². The van der Waals surface area contributed by atoms with Gasteiger partial charge in [-0.3, -0.25) is 4.90 Å². The van der Waals surface area contributed by atoms with E-state index in [1.807, 2.05) is 14.1 Å². The van der Waals surface area contributed by atoms with Gasteiger partial charge in [-0.2, -0.15) is 0 Å². The van der Waals surface area contributed by atoms with Crippen LogP contribution in [0, 0.1) is 0 Å². The van der Waals surface area contributed by atoms with E-state index < -0.39 is 0 Å². The number of benzene rings is 1. The highest BCUT2D eigenvalue weighted by Gasteiger charge is 1.98. The molecule has 0 heterocycles. The molecule has 0 atom stereocenters. The summed E-state index contributed by atoms with van der Waals surface area (Å²) in [6.45, 7) is 2.55. The van der Waals surface area contributed by atoms with Crippen LogP contribution in [0.15, 0.2) is 24.3 Å². The third kappa shape index (κ3) is 4.42. The van der Waals surface area contributed by atoms with E-state index in [0.717, 1.165) is 19.5 Å². The molecule has 0 aliphatic heterocycles. The molecule has 0 amide bonds. The van der Waals surface area contributed by atoms with Gasteiger partial charge >= 0.3 is 0 Å². The van der Waals surface area contributed by atoms with Gasteiger partial charge in [0.1, 0.15) is 0 Å². The average molecular weight is 207 g/mol. The maximum absolute atomic E-state index is 5.53. The van der Waals surface area contributed by atoms with E-state index in [2.05, 4.69) is 34.5 Å². The molecule has 0 unspecified atom stereocenters. The van der Waals surface area contributed by atoms with Gasteiger partial charge < -0.3 is 11.1 Å². The molecule has 15 heavy (non-hydrogen) atoms. The number of hydrogen-bond donors (Lipinski definition) is 2. The Morgan fingerprint density at radius 1 is 1.20 bits per heavy atom. The highest BCUT2D eigenvalue weighted by molar-refractivity contribution is 5.22. The lowest BCUT2D eigenvalue weighted by molar-refractivity contribution is 0.337. The van der Waals surface area contributed by atoms with Crippen molar-refractivity contribution in [2.24, 2.45) is 5.73 Å². The fourth-order valence-corrected chi connectivity index (χ4v) is 1.46. The van der Waals surface area contributed by atoms with Crippen molar-refractivity contribution in [1.29, 1.82) is 0 Å². The number of likely N-dealkylation sites (N-methyl/N-ethyl adjacent to an activating group) is 1. The normalized spacial score (nSPS) is 10.9. The monoisotopic (exact) mass is 207 g/mol. The summed E-state index contributed by atoms with van der Waals surface area (Å²) in [5.74, 6) is 0. The quantitative estimate of drug-likeness (QED) is 0.678. The summed E-state index contributed by atoms with van der Waals surface area (Å²) in [7, 11) is 4.00. The van der Waals surface area contributed by atoms with Crippen LogP contribution in [0.4, 0.5) is 0 Å². The first kappa shape index (κ1) is 12.2. The van der Waals surface area contributed by atoms with Crippen LogP contribution in [0.25, 0.3) is 0 Å². The molecule has 3 nitrogen and oxygen atoms in total. The summed E-state index contributed by atoms with van der Waals surface area (Å²) in [5, 5.41) is 3.15. The van der Waals surface area contributed by atoms with Gasteiger partial charge in [0.2, 0.25) is 0 Å². The molecular formula is C12H21N3. The molecule has 0 fully saturated rings. The van der Waals surface area contributed by atoms with Crippen molar-refractivity contribution in [2.75, 3.05) is 27.3 Å². The Morgan fingerprint density at radius 3 is 2.33 bits per heavy atom. The molecule has 84 valence electrons. The predicted molar refractivity (Wildman–Crippen MR) is 64.6 cm³/mol. The number of nitrogens with zero attached hydrogens (tertiary/aromatic N) is 1.